The van der Waals surface area contributed by atoms with E-state index < -0.39 is 5.82 Å². The van der Waals surface area contributed by atoms with E-state index >= 15 is 0 Å². The van der Waals surface area contributed by atoms with Crippen molar-refractivity contribution < 1.29 is 18.7 Å². The Morgan fingerprint density at radius 2 is 2.33 bits per heavy atom. The van der Waals surface area contributed by atoms with Crippen LogP contribution in [0.3, 0.4) is 0 Å². The van der Waals surface area contributed by atoms with E-state index in [0.717, 1.165) is 6.07 Å². The van der Waals surface area contributed by atoms with Gasteiger partial charge in [0.1, 0.15) is 0 Å². The van der Waals surface area contributed by atoms with Crippen LogP contribution in [0, 0.1) is 5.82 Å². The van der Waals surface area contributed by atoms with E-state index in [9.17, 15) is 14.0 Å². The van der Waals surface area contributed by atoms with Gasteiger partial charge < -0.3 is 9.64 Å². The SMILES string of the molecule is COc1ccc(C(=O)CN2CCSC2=O)cc1F. The fourth-order valence-electron chi connectivity index (χ4n) is 1.67. The summed E-state index contributed by atoms with van der Waals surface area (Å²) in [6, 6.07) is 4.04. The monoisotopic (exact) mass is 269 g/mol. The summed E-state index contributed by atoms with van der Waals surface area (Å²) in [5.74, 6) is -0.0551. The van der Waals surface area contributed by atoms with Crippen molar-refractivity contribution >= 4 is 22.8 Å². The van der Waals surface area contributed by atoms with Gasteiger partial charge in [-0.3, -0.25) is 9.59 Å². The lowest BCUT2D eigenvalue weighted by atomic mass is 10.1. The van der Waals surface area contributed by atoms with Gasteiger partial charge in [-0.1, -0.05) is 11.8 Å². The van der Waals surface area contributed by atoms with Gasteiger partial charge in [-0.2, -0.15) is 0 Å². The third-order valence-electron chi connectivity index (χ3n) is 2.65. The Morgan fingerprint density at radius 3 is 2.89 bits per heavy atom. The smallest absolute Gasteiger partial charge is 0.282 e. The lowest BCUT2D eigenvalue weighted by molar-refractivity contribution is 0.0955. The third-order valence-corrected chi connectivity index (χ3v) is 3.55. The minimum atomic E-state index is -0.578. The molecule has 0 spiro atoms. The van der Waals surface area contributed by atoms with Crippen molar-refractivity contribution in [3.8, 4) is 5.75 Å². The summed E-state index contributed by atoms with van der Waals surface area (Å²) in [6.07, 6.45) is 0. The topological polar surface area (TPSA) is 46.6 Å². The average molecular weight is 269 g/mol. The maximum Gasteiger partial charge on any atom is 0.282 e. The molecular formula is C12H12FNO3S. The Morgan fingerprint density at radius 1 is 1.56 bits per heavy atom. The second-order valence-corrected chi connectivity index (χ2v) is 4.85. The van der Waals surface area contributed by atoms with Gasteiger partial charge in [0.2, 0.25) is 0 Å². The molecule has 6 heteroatoms. The molecule has 96 valence electrons. The third kappa shape index (κ3) is 2.64. The standard InChI is InChI=1S/C12H12FNO3S/c1-17-11-3-2-8(6-9(11)13)10(15)7-14-4-5-18-12(14)16/h2-3,6H,4-5,7H2,1H3. The van der Waals surface area contributed by atoms with Gasteiger partial charge in [-0.15, -0.1) is 0 Å². The molecule has 1 fully saturated rings. The first kappa shape index (κ1) is 12.9. The van der Waals surface area contributed by atoms with E-state index in [1.165, 1.54) is 35.9 Å². The summed E-state index contributed by atoms with van der Waals surface area (Å²) in [7, 11) is 1.36. The molecule has 1 heterocycles. The Bertz CT molecular complexity index is 492. The first-order valence-corrected chi connectivity index (χ1v) is 6.39. The van der Waals surface area contributed by atoms with Crippen LogP contribution in [-0.2, 0) is 0 Å². The lowest BCUT2D eigenvalue weighted by Gasteiger charge is -2.13. The molecule has 1 aliphatic heterocycles. The summed E-state index contributed by atoms with van der Waals surface area (Å²) in [4.78, 5) is 24.7. The van der Waals surface area contributed by atoms with Gasteiger partial charge in [-0.05, 0) is 18.2 Å². The van der Waals surface area contributed by atoms with Crippen LogP contribution in [0.1, 0.15) is 10.4 Å². The summed E-state index contributed by atoms with van der Waals surface area (Å²) < 4.78 is 18.2. The Balaban J connectivity index is 2.09. The molecule has 1 aromatic rings. The summed E-state index contributed by atoms with van der Waals surface area (Å²) in [5, 5.41) is -0.0997. The number of carbonyl (C=O) groups is 2. The summed E-state index contributed by atoms with van der Waals surface area (Å²) >= 11 is 1.19. The van der Waals surface area contributed by atoms with E-state index in [2.05, 4.69) is 0 Å². The van der Waals surface area contributed by atoms with Crippen LogP contribution in [0.15, 0.2) is 18.2 Å². The Kier molecular flexibility index (Phi) is 3.86. The lowest BCUT2D eigenvalue weighted by Crippen LogP contribution is -2.29. The van der Waals surface area contributed by atoms with Gasteiger partial charge >= 0.3 is 0 Å². The molecule has 0 N–H and O–H groups in total. The van der Waals surface area contributed by atoms with Crippen LogP contribution in [0.5, 0.6) is 5.75 Å². The minimum Gasteiger partial charge on any atom is -0.494 e. The van der Waals surface area contributed by atoms with Gasteiger partial charge in [0, 0.05) is 17.9 Å². The van der Waals surface area contributed by atoms with Crippen LogP contribution in [0.2, 0.25) is 0 Å². The number of ether oxygens (including phenoxy) is 1. The molecule has 2 rings (SSSR count). The molecule has 0 radical (unpaired) electrons. The first-order valence-electron chi connectivity index (χ1n) is 5.40. The zero-order chi connectivity index (χ0) is 13.1. The number of amides is 1. The predicted octanol–water partition coefficient (Wildman–Crippen LogP) is 2.19. The van der Waals surface area contributed by atoms with E-state index in [-0.39, 0.29) is 28.9 Å². The fourth-order valence-corrected chi connectivity index (χ4v) is 2.50. The molecule has 4 nitrogen and oxygen atoms in total. The highest BCUT2D eigenvalue weighted by atomic mass is 32.2. The normalized spacial score (nSPS) is 15.0. The number of carbonyl (C=O) groups excluding carboxylic acids is 2. The van der Waals surface area contributed by atoms with E-state index in [0.29, 0.717) is 12.3 Å². The van der Waals surface area contributed by atoms with Crippen molar-refractivity contribution in [1.82, 2.24) is 4.90 Å². The van der Waals surface area contributed by atoms with Crippen molar-refractivity contribution in [1.29, 1.82) is 0 Å². The van der Waals surface area contributed by atoms with Crippen LogP contribution in [0.25, 0.3) is 0 Å². The Labute approximate surface area is 108 Å². The van der Waals surface area contributed by atoms with Gasteiger partial charge in [0.25, 0.3) is 5.24 Å². The number of nitrogens with zero attached hydrogens (tertiary/aromatic N) is 1. The number of halogens is 1. The van der Waals surface area contributed by atoms with Gasteiger partial charge in [0.05, 0.1) is 13.7 Å². The molecule has 0 saturated carbocycles. The van der Waals surface area contributed by atoms with Crippen LogP contribution in [0.4, 0.5) is 9.18 Å². The highest BCUT2D eigenvalue weighted by Crippen LogP contribution is 2.20. The van der Waals surface area contributed by atoms with E-state index in [4.69, 9.17) is 4.74 Å². The van der Waals surface area contributed by atoms with E-state index in [1.54, 1.807) is 0 Å². The van der Waals surface area contributed by atoms with Crippen LogP contribution < -0.4 is 4.74 Å². The fraction of sp³-hybridized carbons (Fsp3) is 0.333. The number of hydrogen-bond donors (Lipinski definition) is 0. The molecule has 1 saturated heterocycles. The first-order chi connectivity index (χ1) is 8.61. The van der Waals surface area contributed by atoms with Gasteiger partial charge in [-0.25, -0.2) is 4.39 Å². The largest absolute Gasteiger partial charge is 0.494 e. The van der Waals surface area contributed by atoms with Crippen molar-refractivity contribution in [2.45, 2.75) is 0 Å². The average Bonchev–Trinajstić information content (AvgIpc) is 2.75. The number of ketones is 1. The molecule has 1 aromatic carbocycles. The second kappa shape index (κ2) is 5.39. The molecule has 0 bridgehead atoms. The molecular weight excluding hydrogens is 257 g/mol. The highest BCUT2D eigenvalue weighted by molar-refractivity contribution is 8.13. The number of benzene rings is 1. The second-order valence-electron chi connectivity index (χ2n) is 3.81. The molecule has 1 amide bonds. The molecule has 1 aliphatic rings. The molecule has 18 heavy (non-hydrogen) atoms. The van der Waals surface area contributed by atoms with Gasteiger partial charge in [0.15, 0.2) is 17.3 Å². The number of Topliss-reactive ketones (excluding diaryl/α,β-unsaturated/α-hetero) is 1. The van der Waals surface area contributed by atoms with E-state index in [1.807, 2.05) is 0 Å². The predicted molar refractivity (Wildman–Crippen MR) is 66.7 cm³/mol. The van der Waals surface area contributed by atoms with Crippen molar-refractivity contribution in [2.24, 2.45) is 0 Å². The van der Waals surface area contributed by atoms with Crippen molar-refractivity contribution in [3.05, 3.63) is 29.6 Å². The number of rotatable bonds is 4. The molecule has 0 atom stereocenters. The van der Waals surface area contributed by atoms with Crippen molar-refractivity contribution in [2.75, 3.05) is 26.0 Å². The molecule has 0 unspecified atom stereocenters. The minimum absolute atomic E-state index is 0.00238. The maximum atomic E-state index is 13.4. The molecule has 0 aromatic heterocycles. The number of methoxy groups -OCH3 is 1. The molecule has 0 aliphatic carbocycles. The number of thioether (sulfide) groups is 1. The van der Waals surface area contributed by atoms with Crippen molar-refractivity contribution in [3.63, 3.8) is 0 Å². The summed E-state index contributed by atoms with van der Waals surface area (Å²) in [6.45, 7) is 0.561. The van der Waals surface area contributed by atoms with Crippen LogP contribution in [-0.4, -0.2) is 41.9 Å². The quantitative estimate of drug-likeness (QED) is 0.786. The Hall–Kier alpha value is -1.56. The summed E-state index contributed by atoms with van der Waals surface area (Å²) in [5.41, 5.74) is 0.248. The highest BCUT2D eigenvalue weighted by Gasteiger charge is 2.24. The zero-order valence-corrected chi connectivity index (χ0v) is 10.6. The maximum absolute atomic E-state index is 13.4. The zero-order valence-electron chi connectivity index (χ0n) is 9.81. The van der Waals surface area contributed by atoms with Crippen LogP contribution >= 0.6 is 11.8 Å². The number of hydrogen-bond acceptors (Lipinski definition) is 4.